The van der Waals surface area contributed by atoms with Gasteiger partial charge in [-0.2, -0.15) is 0 Å². The number of amides is 2. The van der Waals surface area contributed by atoms with Crippen LogP contribution in [0.25, 0.3) is 0 Å². The zero-order valence-corrected chi connectivity index (χ0v) is 12.3. The number of primary amides is 1. The van der Waals surface area contributed by atoms with Crippen LogP contribution in [0.5, 0.6) is 0 Å². The van der Waals surface area contributed by atoms with Crippen molar-refractivity contribution in [1.29, 1.82) is 0 Å². The van der Waals surface area contributed by atoms with E-state index in [2.05, 4.69) is 0 Å². The number of nitrogens with zero attached hydrogens (tertiary/aromatic N) is 1. The fourth-order valence-electron chi connectivity index (χ4n) is 3.43. The second kappa shape index (κ2) is 5.25. The summed E-state index contributed by atoms with van der Waals surface area (Å²) in [7, 11) is 0. The van der Waals surface area contributed by atoms with Crippen molar-refractivity contribution in [2.24, 2.45) is 11.1 Å². The van der Waals surface area contributed by atoms with Gasteiger partial charge in [-0.05, 0) is 37.5 Å². The van der Waals surface area contributed by atoms with Gasteiger partial charge in [-0.1, -0.05) is 6.07 Å². The van der Waals surface area contributed by atoms with Crippen LogP contribution < -0.4 is 10.6 Å². The van der Waals surface area contributed by atoms with Crippen LogP contribution in [0.15, 0.2) is 24.3 Å². The minimum Gasteiger partial charge on any atom is -0.368 e. The molecule has 1 saturated heterocycles. The first-order chi connectivity index (χ1) is 10.7. The van der Waals surface area contributed by atoms with Gasteiger partial charge in [-0.3, -0.25) is 14.5 Å². The van der Waals surface area contributed by atoms with E-state index in [-0.39, 0.29) is 24.9 Å². The van der Waals surface area contributed by atoms with E-state index in [1.807, 2.05) is 0 Å². The molecule has 1 aliphatic heterocycles. The van der Waals surface area contributed by atoms with Gasteiger partial charge in [-0.15, -0.1) is 0 Å². The van der Waals surface area contributed by atoms with Gasteiger partial charge in [0.05, 0.1) is 5.41 Å². The Bertz CT molecular complexity index is 652. The van der Waals surface area contributed by atoms with Crippen LogP contribution in [-0.4, -0.2) is 23.8 Å². The maximum absolute atomic E-state index is 13.5. The summed E-state index contributed by atoms with van der Waals surface area (Å²) >= 11 is 0. The molecule has 1 heterocycles. The van der Waals surface area contributed by atoms with Gasteiger partial charge >= 0.3 is 0 Å². The third-order valence-corrected chi connectivity index (χ3v) is 4.71. The highest BCUT2D eigenvalue weighted by Crippen LogP contribution is 2.51. The Hall–Kier alpha value is -2.05. The number of carbonyl (C=O) groups excluding carboxylic acids is 2. The van der Waals surface area contributed by atoms with Crippen LogP contribution in [-0.2, 0) is 9.59 Å². The van der Waals surface area contributed by atoms with Crippen molar-refractivity contribution in [3.8, 4) is 0 Å². The number of hydrogen-bond acceptors (Lipinski definition) is 2. The number of hydrogen-bond donors (Lipinski definition) is 1. The lowest BCUT2D eigenvalue weighted by atomic mass is 9.71. The lowest BCUT2D eigenvalue weighted by Crippen LogP contribution is -2.44. The van der Waals surface area contributed by atoms with E-state index in [0.29, 0.717) is 0 Å². The number of halogens is 3. The van der Waals surface area contributed by atoms with Gasteiger partial charge in [-0.25, -0.2) is 13.2 Å². The highest BCUT2D eigenvalue weighted by molar-refractivity contribution is 6.06. The van der Waals surface area contributed by atoms with Crippen molar-refractivity contribution >= 4 is 17.5 Å². The first-order valence-corrected chi connectivity index (χ1v) is 7.35. The molecule has 1 radical (unpaired) electrons. The van der Waals surface area contributed by atoms with E-state index in [4.69, 9.17) is 5.73 Å². The van der Waals surface area contributed by atoms with Gasteiger partial charge in [0.25, 0.3) is 5.92 Å². The van der Waals surface area contributed by atoms with Crippen molar-refractivity contribution < 1.29 is 22.8 Å². The quantitative estimate of drug-likeness (QED) is 0.908. The van der Waals surface area contributed by atoms with E-state index >= 15 is 0 Å². The Labute approximate surface area is 131 Å². The molecule has 0 aromatic heterocycles. The smallest absolute Gasteiger partial charge is 0.251 e. The SMILES string of the molecule is NC(=O)C1CC2(C[CH]C(F)(F)CC2)C(=O)N1c1cccc(F)c1. The molecule has 2 atom stereocenters. The van der Waals surface area contributed by atoms with Crippen LogP contribution in [0.3, 0.4) is 0 Å². The van der Waals surface area contributed by atoms with E-state index in [1.54, 1.807) is 0 Å². The third kappa shape index (κ3) is 2.68. The van der Waals surface area contributed by atoms with Crippen LogP contribution in [0.1, 0.15) is 25.7 Å². The first kappa shape index (κ1) is 15.8. The molecule has 3 rings (SSSR count). The average Bonchev–Trinajstić information content (AvgIpc) is 2.76. The molecule has 7 heteroatoms. The normalized spacial score (nSPS) is 25.8. The zero-order chi connectivity index (χ0) is 16.8. The molecule has 2 unspecified atom stereocenters. The fraction of sp³-hybridized carbons (Fsp3) is 0.438. The molecular weight excluding hydrogens is 309 g/mol. The maximum atomic E-state index is 13.5. The number of benzene rings is 1. The minimum absolute atomic E-state index is 0.0229. The highest BCUT2D eigenvalue weighted by Gasteiger charge is 2.57. The van der Waals surface area contributed by atoms with E-state index < -0.39 is 41.4 Å². The molecule has 2 N–H and O–H groups in total. The lowest BCUT2D eigenvalue weighted by Gasteiger charge is -2.35. The van der Waals surface area contributed by atoms with Crippen molar-refractivity contribution in [2.75, 3.05) is 4.90 Å². The second-order valence-corrected chi connectivity index (χ2v) is 6.23. The van der Waals surface area contributed by atoms with Crippen molar-refractivity contribution in [3.05, 3.63) is 36.5 Å². The predicted molar refractivity (Wildman–Crippen MR) is 77.0 cm³/mol. The highest BCUT2D eigenvalue weighted by atomic mass is 19.3. The molecule has 1 aromatic carbocycles. The number of nitrogens with two attached hydrogens (primary N) is 1. The summed E-state index contributed by atoms with van der Waals surface area (Å²) in [6, 6.07) is 4.31. The summed E-state index contributed by atoms with van der Waals surface area (Å²) in [6.07, 6.45) is 0.326. The van der Waals surface area contributed by atoms with E-state index in [9.17, 15) is 22.8 Å². The Balaban J connectivity index is 1.96. The molecule has 1 spiro atoms. The summed E-state index contributed by atoms with van der Waals surface area (Å²) in [5.74, 6) is -4.63. The maximum Gasteiger partial charge on any atom is 0.251 e. The Morgan fingerprint density at radius 1 is 1.30 bits per heavy atom. The van der Waals surface area contributed by atoms with Gasteiger partial charge in [0.1, 0.15) is 11.9 Å². The standard InChI is InChI=1S/C16H16F3N2O2/c17-10-2-1-3-11(8-10)21-12(13(20)22)9-15(14(21)23)4-6-16(18,19)7-5-15/h1-3,6,8,12H,4-5,7,9H2,(H2,20,22). The summed E-state index contributed by atoms with van der Waals surface area (Å²) < 4.78 is 40.2. The van der Waals surface area contributed by atoms with Crippen LogP contribution in [0, 0.1) is 17.7 Å². The number of rotatable bonds is 2. The molecule has 123 valence electrons. The molecule has 0 bridgehead atoms. The second-order valence-electron chi connectivity index (χ2n) is 6.23. The van der Waals surface area contributed by atoms with Gasteiger partial charge in [0.2, 0.25) is 11.8 Å². The van der Waals surface area contributed by atoms with Crippen LogP contribution in [0.4, 0.5) is 18.9 Å². The summed E-state index contributed by atoms with van der Waals surface area (Å²) in [5.41, 5.74) is 4.54. The Morgan fingerprint density at radius 2 is 2.04 bits per heavy atom. The van der Waals surface area contributed by atoms with Crippen molar-refractivity contribution in [2.45, 2.75) is 37.6 Å². The molecule has 2 aliphatic rings. The first-order valence-electron chi connectivity index (χ1n) is 7.35. The van der Waals surface area contributed by atoms with Crippen LogP contribution >= 0.6 is 0 Å². The van der Waals surface area contributed by atoms with Crippen molar-refractivity contribution in [3.63, 3.8) is 0 Å². The largest absolute Gasteiger partial charge is 0.368 e. The van der Waals surface area contributed by atoms with Crippen LogP contribution in [0.2, 0.25) is 0 Å². The number of carbonyl (C=O) groups is 2. The molecule has 23 heavy (non-hydrogen) atoms. The summed E-state index contributed by atoms with van der Waals surface area (Å²) in [6.45, 7) is 0. The fourth-order valence-corrected chi connectivity index (χ4v) is 3.43. The molecule has 1 saturated carbocycles. The monoisotopic (exact) mass is 325 g/mol. The molecule has 1 aromatic rings. The lowest BCUT2D eigenvalue weighted by molar-refractivity contribution is -0.129. The van der Waals surface area contributed by atoms with E-state index in [0.717, 1.165) is 17.4 Å². The molecular formula is C16H16F3N2O2. The minimum atomic E-state index is -2.90. The van der Waals surface area contributed by atoms with Gasteiger partial charge in [0, 0.05) is 18.5 Å². The molecule has 2 fully saturated rings. The van der Waals surface area contributed by atoms with Gasteiger partial charge < -0.3 is 5.73 Å². The predicted octanol–water partition coefficient (Wildman–Crippen LogP) is 2.43. The molecule has 1 aliphatic carbocycles. The average molecular weight is 325 g/mol. The van der Waals surface area contributed by atoms with Gasteiger partial charge in [0.15, 0.2) is 0 Å². The third-order valence-electron chi connectivity index (χ3n) is 4.71. The number of alkyl halides is 2. The Kier molecular flexibility index (Phi) is 3.61. The topological polar surface area (TPSA) is 63.4 Å². The molecule has 4 nitrogen and oxygen atoms in total. The van der Waals surface area contributed by atoms with Crippen molar-refractivity contribution in [1.82, 2.24) is 0 Å². The summed E-state index contributed by atoms with van der Waals surface area (Å²) in [4.78, 5) is 25.8. The molecule has 2 amide bonds. The van der Waals surface area contributed by atoms with E-state index in [1.165, 1.54) is 18.2 Å². The Morgan fingerprint density at radius 3 is 2.61 bits per heavy atom. The number of anilines is 1. The summed E-state index contributed by atoms with van der Waals surface area (Å²) in [5, 5.41) is 0. The zero-order valence-electron chi connectivity index (χ0n) is 12.3.